The number of hydrogen-bond donors (Lipinski definition) is 1. The predicted octanol–water partition coefficient (Wildman–Crippen LogP) is 3.84. The molecule has 0 bridgehead atoms. The summed E-state index contributed by atoms with van der Waals surface area (Å²) in [7, 11) is 3.47. The van der Waals surface area contributed by atoms with E-state index in [9.17, 15) is 9.59 Å². The number of benzene rings is 2. The third-order valence-electron chi connectivity index (χ3n) is 5.63. The topological polar surface area (TPSA) is 89.3 Å². The van der Waals surface area contributed by atoms with Crippen molar-refractivity contribution in [3.05, 3.63) is 65.5 Å². The summed E-state index contributed by atoms with van der Waals surface area (Å²) in [6.07, 6.45) is 1.75. The average molecular weight is 466 g/mol. The molecule has 0 saturated carbocycles. The molecule has 1 N–H and O–H groups in total. The molecule has 0 radical (unpaired) electrons. The van der Waals surface area contributed by atoms with Crippen molar-refractivity contribution < 1.29 is 14.3 Å². The van der Waals surface area contributed by atoms with Gasteiger partial charge in [0, 0.05) is 30.9 Å². The largest absolute Gasteiger partial charge is 0.497 e. The number of likely N-dealkylation sites (tertiary alicyclic amines) is 1. The van der Waals surface area contributed by atoms with Gasteiger partial charge < -0.3 is 19.5 Å². The van der Waals surface area contributed by atoms with Crippen LogP contribution in [0.1, 0.15) is 40.6 Å². The van der Waals surface area contributed by atoms with Gasteiger partial charge in [-0.25, -0.2) is 0 Å². The van der Waals surface area contributed by atoms with Crippen molar-refractivity contribution in [1.29, 1.82) is 0 Å². The van der Waals surface area contributed by atoms with Crippen molar-refractivity contribution in [2.24, 2.45) is 7.05 Å². The number of carbonyl (C=O) groups is 2. The van der Waals surface area contributed by atoms with Crippen molar-refractivity contribution in [3.63, 3.8) is 0 Å². The molecule has 1 aromatic heterocycles. The monoisotopic (exact) mass is 465 g/mol. The average Bonchev–Trinajstić information content (AvgIpc) is 3.43. The number of ether oxygens (including phenoxy) is 1. The highest BCUT2D eigenvalue weighted by atomic mass is 32.2. The van der Waals surface area contributed by atoms with E-state index < -0.39 is 0 Å². The molecular formula is C24H27N5O3S. The zero-order valence-electron chi connectivity index (χ0n) is 18.9. The van der Waals surface area contributed by atoms with Crippen molar-refractivity contribution in [2.45, 2.75) is 31.0 Å². The molecule has 1 fully saturated rings. The lowest BCUT2D eigenvalue weighted by Gasteiger charge is -2.24. The number of anilines is 1. The van der Waals surface area contributed by atoms with Gasteiger partial charge in [0.2, 0.25) is 5.91 Å². The number of amides is 2. The first-order chi connectivity index (χ1) is 16.0. The first-order valence-electron chi connectivity index (χ1n) is 10.8. The fourth-order valence-electron chi connectivity index (χ4n) is 3.99. The lowest BCUT2D eigenvalue weighted by molar-refractivity contribution is -0.113. The Balaban J connectivity index is 1.41. The van der Waals surface area contributed by atoms with E-state index in [1.165, 1.54) is 11.8 Å². The van der Waals surface area contributed by atoms with Crippen LogP contribution in [0.5, 0.6) is 5.75 Å². The Morgan fingerprint density at radius 1 is 1.18 bits per heavy atom. The Morgan fingerprint density at radius 3 is 2.79 bits per heavy atom. The van der Waals surface area contributed by atoms with Crippen LogP contribution in [0.3, 0.4) is 0 Å². The standard InChI is InChI=1S/C24H27N5O3S/c1-16-7-4-8-17(13-16)23(31)29-12-6-11-20(29)22-26-27-24(28(22)2)33-15-21(30)25-18-9-5-10-19(14-18)32-3/h4-5,7-10,13-14,20H,6,11-12,15H2,1-3H3,(H,25,30). The molecule has 0 spiro atoms. The van der Waals surface area contributed by atoms with Gasteiger partial charge in [0.15, 0.2) is 11.0 Å². The summed E-state index contributed by atoms with van der Waals surface area (Å²) in [5.41, 5.74) is 2.42. The van der Waals surface area contributed by atoms with Gasteiger partial charge in [-0.05, 0) is 44.0 Å². The normalized spacial score (nSPS) is 15.5. The molecule has 3 aromatic rings. The van der Waals surface area contributed by atoms with Crippen LogP contribution < -0.4 is 10.1 Å². The number of rotatable bonds is 7. The van der Waals surface area contributed by atoms with E-state index in [0.717, 1.165) is 24.2 Å². The Labute approximate surface area is 197 Å². The van der Waals surface area contributed by atoms with Crippen LogP contribution >= 0.6 is 11.8 Å². The van der Waals surface area contributed by atoms with E-state index in [4.69, 9.17) is 4.74 Å². The van der Waals surface area contributed by atoms with Gasteiger partial charge in [-0.1, -0.05) is 35.5 Å². The van der Waals surface area contributed by atoms with Crippen molar-refractivity contribution in [3.8, 4) is 5.75 Å². The van der Waals surface area contributed by atoms with Crippen LogP contribution in [0.2, 0.25) is 0 Å². The van der Waals surface area contributed by atoms with Gasteiger partial charge in [-0.3, -0.25) is 9.59 Å². The van der Waals surface area contributed by atoms with Gasteiger partial charge in [0.25, 0.3) is 5.91 Å². The van der Waals surface area contributed by atoms with Crippen LogP contribution in [0.25, 0.3) is 0 Å². The van der Waals surface area contributed by atoms with Crippen LogP contribution in [-0.4, -0.2) is 50.9 Å². The quantitative estimate of drug-likeness (QED) is 0.534. The SMILES string of the molecule is COc1cccc(NC(=O)CSc2nnc(C3CCCN3C(=O)c3cccc(C)c3)n2C)c1. The maximum absolute atomic E-state index is 13.1. The van der Waals surface area contributed by atoms with Crippen LogP contribution in [0.15, 0.2) is 53.7 Å². The van der Waals surface area contributed by atoms with Crippen LogP contribution in [0.4, 0.5) is 5.69 Å². The summed E-state index contributed by atoms with van der Waals surface area (Å²) >= 11 is 1.31. The number of thioether (sulfide) groups is 1. The molecule has 9 heteroatoms. The summed E-state index contributed by atoms with van der Waals surface area (Å²) in [4.78, 5) is 27.4. The van der Waals surface area contributed by atoms with Gasteiger partial charge in [0.1, 0.15) is 5.75 Å². The van der Waals surface area contributed by atoms with Crippen LogP contribution in [0, 0.1) is 6.92 Å². The smallest absolute Gasteiger partial charge is 0.254 e. The Kier molecular flexibility index (Phi) is 6.98. The number of aryl methyl sites for hydroxylation is 1. The molecule has 33 heavy (non-hydrogen) atoms. The van der Waals surface area contributed by atoms with Crippen molar-refractivity contribution in [2.75, 3.05) is 24.7 Å². The third kappa shape index (κ3) is 5.19. The highest BCUT2D eigenvalue weighted by molar-refractivity contribution is 7.99. The Bertz CT molecular complexity index is 1160. The fraction of sp³-hybridized carbons (Fsp3) is 0.333. The summed E-state index contributed by atoms with van der Waals surface area (Å²) in [6, 6.07) is 14.7. The molecule has 172 valence electrons. The van der Waals surface area contributed by atoms with E-state index in [1.54, 1.807) is 13.2 Å². The third-order valence-corrected chi connectivity index (χ3v) is 6.65. The molecule has 1 saturated heterocycles. The Morgan fingerprint density at radius 2 is 2.00 bits per heavy atom. The molecule has 1 unspecified atom stereocenters. The second kappa shape index (κ2) is 10.1. The van der Waals surface area contributed by atoms with E-state index in [1.807, 2.05) is 65.9 Å². The highest BCUT2D eigenvalue weighted by Crippen LogP contribution is 2.33. The van der Waals surface area contributed by atoms with Gasteiger partial charge >= 0.3 is 0 Å². The van der Waals surface area contributed by atoms with Gasteiger partial charge in [-0.2, -0.15) is 0 Å². The highest BCUT2D eigenvalue weighted by Gasteiger charge is 2.34. The second-order valence-electron chi connectivity index (χ2n) is 7.99. The zero-order valence-corrected chi connectivity index (χ0v) is 19.8. The second-order valence-corrected chi connectivity index (χ2v) is 8.94. The molecular weight excluding hydrogens is 438 g/mol. The van der Waals surface area contributed by atoms with Gasteiger partial charge in [-0.15, -0.1) is 10.2 Å². The molecule has 2 aromatic carbocycles. The summed E-state index contributed by atoms with van der Waals surface area (Å²) < 4.78 is 7.07. The van der Waals surface area contributed by atoms with E-state index in [-0.39, 0.29) is 23.6 Å². The first kappa shape index (κ1) is 22.8. The number of nitrogens with one attached hydrogen (secondary N) is 1. The molecule has 1 aliphatic rings. The van der Waals surface area contributed by atoms with Crippen molar-refractivity contribution >= 4 is 29.3 Å². The lowest BCUT2D eigenvalue weighted by Crippen LogP contribution is -2.32. The predicted molar refractivity (Wildman–Crippen MR) is 128 cm³/mol. The summed E-state index contributed by atoms with van der Waals surface area (Å²) in [5.74, 6) is 1.48. The minimum atomic E-state index is -0.144. The molecule has 0 aliphatic carbocycles. The van der Waals surface area contributed by atoms with Crippen LogP contribution in [-0.2, 0) is 11.8 Å². The van der Waals surface area contributed by atoms with Crippen molar-refractivity contribution in [1.82, 2.24) is 19.7 Å². The number of methoxy groups -OCH3 is 1. The number of hydrogen-bond acceptors (Lipinski definition) is 6. The number of nitrogens with zero attached hydrogens (tertiary/aromatic N) is 4. The zero-order chi connectivity index (χ0) is 23.4. The van der Waals surface area contributed by atoms with E-state index in [0.29, 0.717) is 28.7 Å². The van der Waals surface area contributed by atoms with Gasteiger partial charge in [0.05, 0.1) is 18.9 Å². The number of aromatic nitrogens is 3. The lowest BCUT2D eigenvalue weighted by atomic mass is 10.1. The molecule has 2 amide bonds. The molecule has 4 rings (SSSR count). The fourth-order valence-corrected chi connectivity index (χ4v) is 4.71. The maximum atomic E-state index is 13.1. The molecule has 1 aliphatic heterocycles. The Hall–Kier alpha value is -3.33. The minimum Gasteiger partial charge on any atom is -0.497 e. The van der Waals surface area contributed by atoms with E-state index in [2.05, 4.69) is 15.5 Å². The molecule has 2 heterocycles. The molecule has 8 nitrogen and oxygen atoms in total. The summed E-state index contributed by atoms with van der Waals surface area (Å²) in [5, 5.41) is 12.2. The molecule has 1 atom stereocenters. The van der Waals surface area contributed by atoms with E-state index >= 15 is 0 Å². The number of carbonyl (C=O) groups excluding carboxylic acids is 2. The first-order valence-corrected chi connectivity index (χ1v) is 11.8. The maximum Gasteiger partial charge on any atom is 0.254 e. The minimum absolute atomic E-state index is 0.0103. The summed E-state index contributed by atoms with van der Waals surface area (Å²) in [6.45, 7) is 2.67.